The Labute approximate surface area is 87.9 Å². The van der Waals surface area contributed by atoms with Crippen molar-refractivity contribution >= 4 is 5.97 Å². The molecule has 0 aromatic heterocycles. The molecule has 15 heavy (non-hydrogen) atoms. The van der Waals surface area contributed by atoms with Crippen LogP contribution < -0.4 is 15.0 Å². The highest BCUT2D eigenvalue weighted by atomic mass is 16.7. The third kappa shape index (κ3) is 2.60. The minimum absolute atomic E-state index is 0.391. The number of ether oxygens (including phenoxy) is 2. The number of rotatable bonds is 4. The Balaban J connectivity index is 2.97. The summed E-state index contributed by atoms with van der Waals surface area (Å²) in [6, 6.07) is 4.80. The molecule has 0 aliphatic heterocycles. The molecular weight excluding hydrogens is 198 g/mol. The number of carbonyl (C=O) groups is 1. The summed E-state index contributed by atoms with van der Waals surface area (Å²) < 4.78 is 10.1. The van der Waals surface area contributed by atoms with Gasteiger partial charge < -0.3 is 14.3 Å². The second-order valence-electron chi connectivity index (χ2n) is 2.66. The molecular formula is C10H13NO4. The summed E-state index contributed by atoms with van der Waals surface area (Å²) in [5, 5.41) is 0. The Bertz CT molecular complexity index is 351. The monoisotopic (exact) mass is 211 g/mol. The summed E-state index contributed by atoms with van der Waals surface area (Å²) in [6.07, 6.45) is 0. The second-order valence-corrected chi connectivity index (χ2v) is 2.66. The van der Waals surface area contributed by atoms with Crippen LogP contribution in [-0.4, -0.2) is 27.2 Å². The summed E-state index contributed by atoms with van der Waals surface area (Å²) >= 11 is 0. The largest absolute Gasteiger partial charge is 0.493 e. The standard InChI is InChI=1S/C10H13NO4/c1-11-15-10(12)7-4-5-8(13-2)9(6-7)14-3/h4-6,11H,1-3H3. The molecule has 0 aliphatic carbocycles. The lowest BCUT2D eigenvalue weighted by atomic mass is 10.2. The van der Waals surface area contributed by atoms with Crippen molar-refractivity contribution in [2.45, 2.75) is 0 Å². The first-order chi connectivity index (χ1) is 7.22. The highest BCUT2D eigenvalue weighted by Gasteiger charge is 2.11. The number of hydroxylamine groups is 1. The second kappa shape index (κ2) is 5.21. The minimum atomic E-state index is -0.474. The summed E-state index contributed by atoms with van der Waals surface area (Å²) in [7, 11) is 4.55. The van der Waals surface area contributed by atoms with Gasteiger partial charge in [0.05, 0.1) is 19.8 Å². The van der Waals surface area contributed by atoms with E-state index in [0.717, 1.165) is 0 Å². The van der Waals surface area contributed by atoms with Gasteiger partial charge in [-0.25, -0.2) is 4.79 Å². The van der Waals surface area contributed by atoms with Crippen molar-refractivity contribution in [3.05, 3.63) is 23.8 Å². The molecule has 0 aliphatic rings. The third-order valence-corrected chi connectivity index (χ3v) is 1.81. The van der Waals surface area contributed by atoms with Crippen LogP contribution >= 0.6 is 0 Å². The number of hydrogen-bond donors (Lipinski definition) is 1. The first-order valence-electron chi connectivity index (χ1n) is 4.33. The maximum atomic E-state index is 11.3. The average Bonchev–Trinajstić information content (AvgIpc) is 2.28. The molecule has 0 fully saturated rings. The van der Waals surface area contributed by atoms with Crippen LogP contribution in [0.4, 0.5) is 0 Å². The molecule has 1 aromatic rings. The van der Waals surface area contributed by atoms with E-state index in [1.54, 1.807) is 18.2 Å². The van der Waals surface area contributed by atoms with E-state index in [9.17, 15) is 4.79 Å². The SMILES string of the molecule is CNOC(=O)c1ccc(OC)c(OC)c1. The number of benzene rings is 1. The average molecular weight is 211 g/mol. The lowest BCUT2D eigenvalue weighted by molar-refractivity contribution is 0.0309. The fraction of sp³-hybridized carbons (Fsp3) is 0.300. The number of carbonyl (C=O) groups excluding carboxylic acids is 1. The van der Waals surface area contributed by atoms with Gasteiger partial charge in [-0.15, -0.1) is 0 Å². The quantitative estimate of drug-likeness (QED) is 0.753. The lowest BCUT2D eigenvalue weighted by Gasteiger charge is -2.08. The van der Waals surface area contributed by atoms with Crippen LogP contribution in [0, 0.1) is 0 Å². The van der Waals surface area contributed by atoms with E-state index in [-0.39, 0.29) is 0 Å². The van der Waals surface area contributed by atoms with Crippen LogP contribution in [0.1, 0.15) is 10.4 Å². The van der Waals surface area contributed by atoms with Gasteiger partial charge in [0, 0.05) is 7.05 Å². The van der Waals surface area contributed by atoms with Crippen LogP contribution in [0.15, 0.2) is 18.2 Å². The fourth-order valence-corrected chi connectivity index (χ4v) is 1.11. The summed E-state index contributed by atoms with van der Waals surface area (Å²) in [6.45, 7) is 0. The third-order valence-electron chi connectivity index (χ3n) is 1.81. The molecule has 0 spiro atoms. The van der Waals surface area contributed by atoms with Crippen LogP contribution in [0.25, 0.3) is 0 Å². The lowest BCUT2D eigenvalue weighted by Crippen LogP contribution is -2.15. The summed E-state index contributed by atoms with van der Waals surface area (Å²) in [5.41, 5.74) is 2.70. The van der Waals surface area contributed by atoms with E-state index in [4.69, 9.17) is 9.47 Å². The zero-order chi connectivity index (χ0) is 11.3. The molecule has 0 amide bonds. The van der Waals surface area contributed by atoms with E-state index in [0.29, 0.717) is 17.1 Å². The number of methoxy groups -OCH3 is 2. The van der Waals surface area contributed by atoms with Gasteiger partial charge in [0.1, 0.15) is 0 Å². The van der Waals surface area contributed by atoms with Gasteiger partial charge in [-0.1, -0.05) is 0 Å². The van der Waals surface area contributed by atoms with Crippen molar-refractivity contribution in [2.24, 2.45) is 0 Å². The molecule has 0 saturated heterocycles. The van der Waals surface area contributed by atoms with E-state index in [1.165, 1.54) is 21.3 Å². The number of hydrogen-bond acceptors (Lipinski definition) is 5. The Morgan fingerprint density at radius 2 is 1.87 bits per heavy atom. The van der Waals surface area contributed by atoms with Crippen LogP contribution in [-0.2, 0) is 4.84 Å². The van der Waals surface area contributed by atoms with Crippen molar-refractivity contribution in [3.63, 3.8) is 0 Å². The van der Waals surface area contributed by atoms with Crippen molar-refractivity contribution in [2.75, 3.05) is 21.3 Å². The zero-order valence-electron chi connectivity index (χ0n) is 8.87. The minimum Gasteiger partial charge on any atom is -0.493 e. The van der Waals surface area contributed by atoms with Crippen molar-refractivity contribution in [1.82, 2.24) is 5.48 Å². The smallest absolute Gasteiger partial charge is 0.356 e. The maximum absolute atomic E-state index is 11.3. The molecule has 0 atom stereocenters. The number of nitrogens with one attached hydrogen (secondary N) is 1. The van der Waals surface area contributed by atoms with Gasteiger partial charge in [0.25, 0.3) is 0 Å². The molecule has 0 bridgehead atoms. The van der Waals surface area contributed by atoms with E-state index >= 15 is 0 Å². The fourth-order valence-electron chi connectivity index (χ4n) is 1.11. The Morgan fingerprint density at radius 1 is 1.20 bits per heavy atom. The van der Waals surface area contributed by atoms with Crippen molar-refractivity contribution in [3.8, 4) is 11.5 Å². The van der Waals surface area contributed by atoms with Gasteiger partial charge >= 0.3 is 5.97 Å². The highest BCUT2D eigenvalue weighted by molar-refractivity contribution is 5.90. The maximum Gasteiger partial charge on any atom is 0.356 e. The van der Waals surface area contributed by atoms with Gasteiger partial charge in [0.15, 0.2) is 11.5 Å². The van der Waals surface area contributed by atoms with Crippen LogP contribution in [0.2, 0.25) is 0 Å². The Morgan fingerprint density at radius 3 is 2.40 bits per heavy atom. The topological polar surface area (TPSA) is 56.8 Å². The van der Waals surface area contributed by atoms with Gasteiger partial charge in [-0.3, -0.25) is 0 Å². The summed E-state index contributed by atoms with van der Waals surface area (Å²) in [5.74, 6) is 0.583. The zero-order valence-corrected chi connectivity index (χ0v) is 8.87. The van der Waals surface area contributed by atoms with Gasteiger partial charge in [0.2, 0.25) is 0 Å². The summed E-state index contributed by atoms with van der Waals surface area (Å²) in [4.78, 5) is 15.9. The molecule has 0 saturated carbocycles. The predicted octanol–water partition coefficient (Wildman–Crippen LogP) is 0.995. The normalized spacial score (nSPS) is 9.53. The van der Waals surface area contributed by atoms with E-state index in [1.807, 2.05) is 0 Å². The molecule has 0 radical (unpaired) electrons. The van der Waals surface area contributed by atoms with E-state index in [2.05, 4.69) is 10.3 Å². The predicted molar refractivity (Wildman–Crippen MR) is 54.0 cm³/mol. The molecule has 5 nitrogen and oxygen atoms in total. The first-order valence-corrected chi connectivity index (χ1v) is 4.33. The molecule has 5 heteroatoms. The molecule has 0 heterocycles. The Kier molecular flexibility index (Phi) is 3.93. The van der Waals surface area contributed by atoms with Crippen LogP contribution in [0.3, 0.4) is 0 Å². The molecule has 1 rings (SSSR count). The molecule has 1 N–H and O–H groups in total. The van der Waals surface area contributed by atoms with E-state index < -0.39 is 5.97 Å². The van der Waals surface area contributed by atoms with Crippen LogP contribution in [0.5, 0.6) is 11.5 Å². The van der Waals surface area contributed by atoms with Crippen molar-refractivity contribution < 1.29 is 19.1 Å². The van der Waals surface area contributed by atoms with Gasteiger partial charge in [-0.05, 0) is 18.2 Å². The molecule has 82 valence electrons. The molecule has 0 unspecified atom stereocenters. The molecule has 1 aromatic carbocycles. The van der Waals surface area contributed by atoms with Crippen molar-refractivity contribution in [1.29, 1.82) is 0 Å². The highest BCUT2D eigenvalue weighted by Crippen LogP contribution is 2.27. The first kappa shape index (κ1) is 11.3. The van der Waals surface area contributed by atoms with Gasteiger partial charge in [-0.2, -0.15) is 5.48 Å². The Hall–Kier alpha value is -1.75.